The highest BCUT2D eigenvalue weighted by Gasteiger charge is 2.38. The first-order valence-corrected chi connectivity index (χ1v) is 12.3. The number of benzene rings is 2. The van der Waals surface area contributed by atoms with E-state index in [9.17, 15) is 19.5 Å². The quantitative estimate of drug-likeness (QED) is 0.315. The number of ether oxygens (including phenoxy) is 1. The van der Waals surface area contributed by atoms with Gasteiger partial charge >= 0.3 is 6.09 Å². The maximum Gasteiger partial charge on any atom is 0.408 e. The van der Waals surface area contributed by atoms with Gasteiger partial charge in [-0.3, -0.25) is 14.5 Å². The highest BCUT2D eigenvalue weighted by atomic mass is 35.5. The topological polar surface area (TPSA) is 108 Å². The summed E-state index contributed by atoms with van der Waals surface area (Å²) in [6.07, 6.45) is 5.55. The minimum absolute atomic E-state index is 0.112. The number of terminal acetylenes is 1. The average Bonchev–Trinajstić information content (AvgIpc) is 2.81. The third-order valence-electron chi connectivity index (χ3n) is 5.69. The number of phenolic OH excluding ortho intramolecular Hbond substituents is 1. The van der Waals surface area contributed by atoms with E-state index in [2.05, 4.69) is 16.7 Å². The van der Waals surface area contributed by atoms with Crippen LogP contribution in [0.4, 0.5) is 10.5 Å². The highest BCUT2D eigenvalue weighted by Crippen LogP contribution is 2.30. The third kappa shape index (κ3) is 7.89. The van der Waals surface area contributed by atoms with Gasteiger partial charge in [-0.1, -0.05) is 62.6 Å². The first kappa shape index (κ1) is 29.5. The van der Waals surface area contributed by atoms with Gasteiger partial charge in [-0.25, -0.2) is 4.79 Å². The van der Waals surface area contributed by atoms with Crippen molar-refractivity contribution in [2.45, 2.75) is 65.6 Å². The summed E-state index contributed by atoms with van der Waals surface area (Å²) in [4.78, 5) is 40.9. The maximum absolute atomic E-state index is 13.8. The Bertz CT molecular complexity index is 1160. The number of rotatable bonds is 8. The first-order valence-electron chi connectivity index (χ1n) is 11.9. The number of hydrogen-bond acceptors (Lipinski definition) is 5. The van der Waals surface area contributed by atoms with E-state index in [1.54, 1.807) is 58.9 Å². The predicted molar refractivity (Wildman–Crippen MR) is 144 cm³/mol. The second-order valence-corrected chi connectivity index (χ2v) is 10.2. The molecule has 3 amide bonds. The summed E-state index contributed by atoms with van der Waals surface area (Å²) >= 11 is 6.31. The zero-order valence-corrected chi connectivity index (χ0v) is 22.7. The molecule has 0 fully saturated rings. The molecule has 3 N–H and O–H groups in total. The number of carbonyl (C=O) groups excluding carboxylic acids is 3. The summed E-state index contributed by atoms with van der Waals surface area (Å²) in [6.45, 7) is 10.5. The number of hydrogen-bond donors (Lipinski definition) is 3. The van der Waals surface area contributed by atoms with Gasteiger partial charge in [0.15, 0.2) is 0 Å². The summed E-state index contributed by atoms with van der Waals surface area (Å²) < 4.78 is 5.34. The number of nitrogens with one attached hydrogen (secondary N) is 2. The molecule has 0 aliphatic carbocycles. The van der Waals surface area contributed by atoms with Gasteiger partial charge in [0.2, 0.25) is 0 Å². The molecular formula is C28H34ClN3O5. The van der Waals surface area contributed by atoms with Crippen molar-refractivity contribution in [3.8, 4) is 18.2 Å². The van der Waals surface area contributed by atoms with Crippen LogP contribution < -0.4 is 10.6 Å². The van der Waals surface area contributed by atoms with E-state index in [-0.39, 0.29) is 17.2 Å². The van der Waals surface area contributed by atoms with Crippen molar-refractivity contribution in [3.63, 3.8) is 0 Å². The molecule has 198 valence electrons. The van der Waals surface area contributed by atoms with Crippen LogP contribution in [-0.2, 0) is 14.3 Å². The molecule has 0 saturated heterocycles. The molecule has 0 saturated carbocycles. The molecule has 0 spiro atoms. The Hall–Kier alpha value is -3.70. The standard InChI is InChI=1S/C28H34ClN3O5/c1-8-17(3)23(31-27(36)37-28(5,6)7)26(35)32(9-2)24(19-13-11-14-20(33)16-19)25(34)30-22-18(4)12-10-15-21(22)29/h2,10-17,23-24,33H,8H2,1,3-7H3,(H,30,34)(H,31,36). The van der Waals surface area contributed by atoms with Gasteiger partial charge in [0, 0.05) is 6.04 Å². The summed E-state index contributed by atoms with van der Waals surface area (Å²) in [5.74, 6) is -1.77. The minimum Gasteiger partial charge on any atom is -0.508 e. The number of halogens is 1. The molecule has 0 aliphatic heterocycles. The van der Waals surface area contributed by atoms with E-state index in [1.807, 2.05) is 6.92 Å². The van der Waals surface area contributed by atoms with Crippen LogP contribution in [0.25, 0.3) is 0 Å². The lowest BCUT2D eigenvalue weighted by molar-refractivity contribution is -0.137. The molecule has 37 heavy (non-hydrogen) atoms. The molecule has 3 atom stereocenters. The largest absolute Gasteiger partial charge is 0.508 e. The lowest BCUT2D eigenvalue weighted by Gasteiger charge is -2.32. The van der Waals surface area contributed by atoms with Gasteiger partial charge in [-0.05, 0) is 62.9 Å². The number of phenols is 1. The lowest BCUT2D eigenvalue weighted by atomic mass is 9.96. The summed E-state index contributed by atoms with van der Waals surface area (Å²) in [7, 11) is 0. The molecule has 2 aromatic rings. The van der Waals surface area contributed by atoms with Crippen LogP contribution in [0.1, 0.15) is 58.2 Å². The van der Waals surface area contributed by atoms with Crippen LogP contribution in [0, 0.1) is 25.3 Å². The number of aromatic hydroxyl groups is 1. The Labute approximate surface area is 223 Å². The molecule has 2 aromatic carbocycles. The Balaban J connectivity index is 2.53. The van der Waals surface area contributed by atoms with Crippen LogP contribution in [0.3, 0.4) is 0 Å². The summed E-state index contributed by atoms with van der Waals surface area (Å²) in [5, 5.41) is 15.8. The first-order chi connectivity index (χ1) is 17.3. The second-order valence-electron chi connectivity index (χ2n) is 9.77. The van der Waals surface area contributed by atoms with E-state index >= 15 is 0 Å². The normalized spacial score (nSPS) is 13.5. The van der Waals surface area contributed by atoms with Gasteiger partial charge in [-0.2, -0.15) is 0 Å². The smallest absolute Gasteiger partial charge is 0.408 e. The number of para-hydroxylation sites is 1. The van der Waals surface area contributed by atoms with Crippen LogP contribution in [0.15, 0.2) is 42.5 Å². The van der Waals surface area contributed by atoms with E-state index in [1.165, 1.54) is 18.2 Å². The predicted octanol–water partition coefficient (Wildman–Crippen LogP) is 5.39. The minimum atomic E-state index is -1.34. The van der Waals surface area contributed by atoms with Gasteiger partial charge in [0.1, 0.15) is 23.4 Å². The molecule has 0 radical (unpaired) electrons. The number of amides is 3. The molecule has 0 heterocycles. The number of alkyl carbamates (subject to hydrolysis) is 1. The number of nitrogens with zero attached hydrogens (tertiary/aromatic N) is 1. The van der Waals surface area contributed by atoms with Crippen LogP contribution in [-0.4, -0.2) is 39.6 Å². The Kier molecular flexibility index (Phi) is 9.98. The molecule has 2 rings (SSSR count). The maximum atomic E-state index is 13.8. The van der Waals surface area contributed by atoms with Crippen molar-refractivity contribution in [2.75, 3.05) is 5.32 Å². The molecule has 0 aliphatic rings. The van der Waals surface area contributed by atoms with Crippen molar-refractivity contribution >= 4 is 35.2 Å². The van der Waals surface area contributed by atoms with Gasteiger partial charge in [-0.15, -0.1) is 0 Å². The molecule has 0 bridgehead atoms. The highest BCUT2D eigenvalue weighted by molar-refractivity contribution is 6.34. The van der Waals surface area contributed by atoms with Crippen LogP contribution in [0.5, 0.6) is 5.75 Å². The SMILES string of the molecule is C#CN(C(=O)C(NC(=O)OC(C)(C)C)C(C)CC)C(C(=O)Nc1c(C)cccc1Cl)c1cccc(O)c1. The lowest BCUT2D eigenvalue weighted by Crippen LogP contribution is -2.53. The Morgan fingerprint density at radius 1 is 1.19 bits per heavy atom. The summed E-state index contributed by atoms with van der Waals surface area (Å²) in [5.41, 5.74) is 0.566. The fourth-order valence-corrected chi connectivity index (χ4v) is 3.90. The van der Waals surface area contributed by atoms with E-state index in [4.69, 9.17) is 22.8 Å². The number of anilines is 1. The Morgan fingerprint density at radius 3 is 2.38 bits per heavy atom. The number of carbonyl (C=O) groups is 3. The third-order valence-corrected chi connectivity index (χ3v) is 6.01. The number of aryl methyl sites for hydroxylation is 1. The monoisotopic (exact) mass is 527 g/mol. The van der Waals surface area contributed by atoms with Crippen molar-refractivity contribution in [3.05, 3.63) is 58.6 Å². The fourth-order valence-electron chi connectivity index (χ4n) is 3.63. The molecule has 3 unspecified atom stereocenters. The van der Waals surface area contributed by atoms with Gasteiger partial charge in [0.05, 0.1) is 10.7 Å². The molecular weight excluding hydrogens is 494 g/mol. The molecule has 8 nitrogen and oxygen atoms in total. The summed E-state index contributed by atoms with van der Waals surface area (Å²) in [6, 6.07) is 10.9. The average molecular weight is 528 g/mol. The van der Waals surface area contributed by atoms with E-state index < -0.39 is 35.6 Å². The van der Waals surface area contributed by atoms with E-state index in [0.717, 1.165) is 4.90 Å². The molecule has 9 heteroatoms. The zero-order chi connectivity index (χ0) is 27.9. The Morgan fingerprint density at radius 2 is 1.84 bits per heavy atom. The van der Waals surface area contributed by atoms with Crippen LogP contribution in [0.2, 0.25) is 5.02 Å². The zero-order valence-electron chi connectivity index (χ0n) is 22.0. The second kappa shape index (κ2) is 12.5. The van der Waals surface area contributed by atoms with Crippen molar-refractivity contribution in [1.29, 1.82) is 0 Å². The van der Waals surface area contributed by atoms with Gasteiger partial charge in [0.25, 0.3) is 11.8 Å². The van der Waals surface area contributed by atoms with Crippen LogP contribution >= 0.6 is 11.6 Å². The van der Waals surface area contributed by atoms with Crippen molar-refractivity contribution < 1.29 is 24.2 Å². The van der Waals surface area contributed by atoms with Crippen molar-refractivity contribution in [2.24, 2.45) is 5.92 Å². The van der Waals surface area contributed by atoms with Crippen molar-refractivity contribution in [1.82, 2.24) is 10.2 Å². The van der Waals surface area contributed by atoms with Gasteiger partial charge < -0.3 is 20.5 Å². The molecule has 0 aromatic heterocycles. The fraction of sp³-hybridized carbons (Fsp3) is 0.393. The van der Waals surface area contributed by atoms with E-state index in [0.29, 0.717) is 22.7 Å².